The first-order valence-electron chi connectivity index (χ1n) is 6.59. The van der Waals surface area contributed by atoms with E-state index in [0.29, 0.717) is 25.2 Å². The monoisotopic (exact) mass is 317 g/mol. The molecule has 1 atom stereocenters. The van der Waals surface area contributed by atoms with Crippen LogP contribution in [0.15, 0.2) is 18.3 Å². The van der Waals surface area contributed by atoms with Crippen molar-refractivity contribution in [3.05, 3.63) is 23.9 Å². The molecule has 22 heavy (non-hydrogen) atoms. The van der Waals surface area contributed by atoms with E-state index in [1.54, 1.807) is 4.90 Å². The van der Waals surface area contributed by atoms with Gasteiger partial charge in [-0.2, -0.15) is 13.2 Å². The highest BCUT2D eigenvalue weighted by Gasteiger charge is 2.40. The Morgan fingerprint density at radius 1 is 1.41 bits per heavy atom. The molecule has 2 rings (SSSR count). The van der Waals surface area contributed by atoms with E-state index in [1.807, 2.05) is 5.32 Å². The number of carboxylic acids is 1. The smallest absolute Gasteiger partial charge is 0.471 e. The van der Waals surface area contributed by atoms with Gasteiger partial charge in [-0.3, -0.25) is 4.79 Å². The second kappa shape index (κ2) is 6.20. The summed E-state index contributed by atoms with van der Waals surface area (Å²) in [6, 6.07) is 2.03. The number of nitrogens with one attached hydrogen (secondary N) is 1. The number of alkyl halides is 3. The molecule has 6 nitrogen and oxygen atoms in total. The maximum atomic E-state index is 12.3. The number of aromatic carboxylic acids is 1. The summed E-state index contributed by atoms with van der Waals surface area (Å²) in [7, 11) is 0. The first-order valence-corrected chi connectivity index (χ1v) is 6.59. The van der Waals surface area contributed by atoms with Crippen LogP contribution in [-0.4, -0.2) is 47.3 Å². The van der Waals surface area contributed by atoms with Gasteiger partial charge in [0.1, 0.15) is 5.82 Å². The zero-order valence-corrected chi connectivity index (χ0v) is 11.4. The lowest BCUT2D eigenvalue weighted by Crippen LogP contribution is -2.51. The number of nitrogens with zero attached hydrogens (tertiary/aromatic N) is 2. The molecule has 9 heteroatoms. The molecule has 1 amide bonds. The van der Waals surface area contributed by atoms with Gasteiger partial charge < -0.3 is 15.3 Å². The number of anilines is 1. The van der Waals surface area contributed by atoms with Gasteiger partial charge in [-0.05, 0) is 25.0 Å². The van der Waals surface area contributed by atoms with Crippen LogP contribution in [0.1, 0.15) is 23.2 Å². The molecule has 1 aliphatic rings. The van der Waals surface area contributed by atoms with E-state index in [4.69, 9.17) is 5.11 Å². The van der Waals surface area contributed by atoms with Crippen molar-refractivity contribution in [2.75, 3.05) is 18.0 Å². The van der Waals surface area contributed by atoms with Crippen LogP contribution in [0.5, 0.6) is 0 Å². The Kier molecular flexibility index (Phi) is 4.53. The van der Waals surface area contributed by atoms with E-state index < -0.39 is 24.1 Å². The first-order chi connectivity index (χ1) is 10.3. The molecule has 1 aromatic rings. The topological polar surface area (TPSA) is 82.5 Å². The highest BCUT2D eigenvalue weighted by molar-refractivity contribution is 5.88. The fourth-order valence-corrected chi connectivity index (χ4v) is 2.29. The molecule has 1 aliphatic heterocycles. The molecule has 0 bridgehead atoms. The van der Waals surface area contributed by atoms with Crippen LogP contribution in [0.25, 0.3) is 0 Å². The molecule has 120 valence electrons. The van der Waals surface area contributed by atoms with Gasteiger partial charge in [0.15, 0.2) is 0 Å². The predicted molar refractivity (Wildman–Crippen MR) is 70.6 cm³/mol. The summed E-state index contributed by atoms with van der Waals surface area (Å²) in [6.45, 7) is 0.687. The maximum Gasteiger partial charge on any atom is 0.471 e. The van der Waals surface area contributed by atoms with Gasteiger partial charge in [-0.25, -0.2) is 9.78 Å². The second-order valence-electron chi connectivity index (χ2n) is 4.96. The number of rotatable bonds is 3. The van der Waals surface area contributed by atoms with Crippen molar-refractivity contribution in [2.24, 2.45) is 0 Å². The summed E-state index contributed by atoms with van der Waals surface area (Å²) in [6.07, 6.45) is -2.58. The summed E-state index contributed by atoms with van der Waals surface area (Å²) in [5.41, 5.74) is 0.0476. The summed E-state index contributed by atoms with van der Waals surface area (Å²) < 4.78 is 36.8. The van der Waals surface area contributed by atoms with Crippen LogP contribution in [0, 0.1) is 0 Å². The molecule has 0 saturated carbocycles. The number of aromatic nitrogens is 1. The Morgan fingerprint density at radius 3 is 2.77 bits per heavy atom. The lowest BCUT2D eigenvalue weighted by molar-refractivity contribution is -0.174. The molecule has 0 spiro atoms. The van der Waals surface area contributed by atoms with Gasteiger partial charge in [0.05, 0.1) is 5.56 Å². The minimum Gasteiger partial charge on any atom is -0.478 e. The third-order valence-electron chi connectivity index (χ3n) is 3.33. The summed E-state index contributed by atoms with van der Waals surface area (Å²) in [4.78, 5) is 27.6. The number of amides is 1. The SMILES string of the molecule is O=C(O)c1ccnc(N2CCCC(NC(=O)C(F)(F)F)C2)c1. The number of pyridine rings is 1. The molecule has 0 aliphatic carbocycles. The molecular weight excluding hydrogens is 303 g/mol. The lowest BCUT2D eigenvalue weighted by Gasteiger charge is -2.34. The Bertz CT molecular complexity index is 577. The van der Waals surface area contributed by atoms with Gasteiger partial charge in [0, 0.05) is 25.3 Å². The van der Waals surface area contributed by atoms with Crippen LogP contribution in [0.2, 0.25) is 0 Å². The van der Waals surface area contributed by atoms with Crippen molar-refractivity contribution >= 4 is 17.7 Å². The average Bonchev–Trinajstić information content (AvgIpc) is 2.46. The van der Waals surface area contributed by atoms with E-state index in [1.165, 1.54) is 18.3 Å². The third-order valence-corrected chi connectivity index (χ3v) is 3.33. The Morgan fingerprint density at radius 2 is 2.14 bits per heavy atom. The Balaban J connectivity index is 2.06. The van der Waals surface area contributed by atoms with Crippen molar-refractivity contribution in [1.82, 2.24) is 10.3 Å². The summed E-state index contributed by atoms with van der Waals surface area (Å²) in [5, 5.41) is 10.9. The normalized spacial score (nSPS) is 18.9. The van der Waals surface area contributed by atoms with Crippen molar-refractivity contribution in [1.29, 1.82) is 0 Å². The number of carbonyl (C=O) groups is 2. The van der Waals surface area contributed by atoms with Gasteiger partial charge in [0.2, 0.25) is 0 Å². The van der Waals surface area contributed by atoms with Crippen LogP contribution < -0.4 is 10.2 Å². The van der Waals surface area contributed by atoms with E-state index >= 15 is 0 Å². The molecule has 1 unspecified atom stereocenters. The highest BCUT2D eigenvalue weighted by atomic mass is 19.4. The standard InChI is InChI=1S/C13H14F3N3O3/c14-13(15,16)12(22)18-9-2-1-5-19(7-9)10-6-8(11(20)21)3-4-17-10/h3-4,6,9H,1-2,5,7H2,(H,18,22)(H,20,21). The average molecular weight is 317 g/mol. The van der Waals surface area contributed by atoms with Crippen molar-refractivity contribution in [3.63, 3.8) is 0 Å². The van der Waals surface area contributed by atoms with Gasteiger partial charge >= 0.3 is 18.1 Å². The minimum atomic E-state index is -4.91. The van der Waals surface area contributed by atoms with Crippen molar-refractivity contribution < 1.29 is 27.9 Å². The largest absolute Gasteiger partial charge is 0.478 e. The quantitative estimate of drug-likeness (QED) is 0.881. The Labute approximate surface area is 123 Å². The molecule has 1 saturated heterocycles. The van der Waals surface area contributed by atoms with Crippen LogP contribution >= 0.6 is 0 Å². The number of carbonyl (C=O) groups excluding carboxylic acids is 1. The Hall–Kier alpha value is -2.32. The number of piperidine rings is 1. The van der Waals surface area contributed by atoms with Crippen LogP contribution in [0.3, 0.4) is 0 Å². The van der Waals surface area contributed by atoms with E-state index in [0.717, 1.165) is 0 Å². The number of hydrogen-bond acceptors (Lipinski definition) is 4. The fraction of sp³-hybridized carbons (Fsp3) is 0.462. The van der Waals surface area contributed by atoms with Crippen molar-refractivity contribution in [2.45, 2.75) is 25.1 Å². The zero-order valence-electron chi connectivity index (χ0n) is 11.4. The lowest BCUT2D eigenvalue weighted by atomic mass is 10.1. The molecule has 0 radical (unpaired) electrons. The third kappa shape index (κ3) is 3.86. The first kappa shape index (κ1) is 16.1. The van der Waals surface area contributed by atoms with E-state index in [9.17, 15) is 22.8 Å². The fourth-order valence-electron chi connectivity index (χ4n) is 2.29. The van der Waals surface area contributed by atoms with Gasteiger partial charge in [-0.15, -0.1) is 0 Å². The number of hydrogen-bond donors (Lipinski definition) is 2. The van der Waals surface area contributed by atoms with Crippen molar-refractivity contribution in [3.8, 4) is 0 Å². The predicted octanol–water partition coefficient (Wildman–Crippen LogP) is 1.43. The van der Waals surface area contributed by atoms with E-state index in [2.05, 4.69) is 4.98 Å². The molecule has 0 aromatic carbocycles. The molecule has 1 aromatic heterocycles. The number of halogens is 3. The molecular formula is C13H14F3N3O3. The second-order valence-corrected chi connectivity index (χ2v) is 4.96. The maximum absolute atomic E-state index is 12.3. The van der Waals surface area contributed by atoms with E-state index in [-0.39, 0.29) is 12.1 Å². The molecule has 1 fully saturated rings. The van der Waals surface area contributed by atoms with Gasteiger partial charge in [0.25, 0.3) is 0 Å². The summed E-state index contributed by atoms with van der Waals surface area (Å²) >= 11 is 0. The van der Waals surface area contributed by atoms with Crippen LogP contribution in [-0.2, 0) is 4.79 Å². The summed E-state index contributed by atoms with van der Waals surface area (Å²) in [5.74, 6) is -2.71. The number of carboxylic acid groups (broad SMARTS) is 1. The molecule has 2 heterocycles. The highest BCUT2D eigenvalue weighted by Crippen LogP contribution is 2.20. The van der Waals surface area contributed by atoms with Gasteiger partial charge in [-0.1, -0.05) is 0 Å². The minimum absolute atomic E-state index is 0.0476. The molecule has 2 N–H and O–H groups in total. The van der Waals surface area contributed by atoms with Crippen LogP contribution in [0.4, 0.5) is 19.0 Å². The zero-order chi connectivity index (χ0) is 16.3.